The number of benzene rings is 1. The van der Waals surface area contributed by atoms with E-state index in [9.17, 15) is 8.42 Å². The average molecular weight is 352 g/mol. The molecule has 8 heteroatoms. The lowest BCUT2D eigenvalue weighted by Crippen LogP contribution is -2.23. The molecule has 1 heterocycles. The first kappa shape index (κ1) is 18.6. The standard InChI is InChI=1S/C16H24N4O3S/c1-11(12-6-8-13(9-7-12)24(17,21)22)20(5)10-14-18-15(23-19-14)16(2,3)4/h6-9,11H,10H2,1-5H3,(H2,17,21,22)/t11-/m0/s1. The number of nitrogens with two attached hydrogens (primary N) is 1. The Labute approximate surface area is 142 Å². The van der Waals surface area contributed by atoms with Gasteiger partial charge in [-0.15, -0.1) is 0 Å². The van der Waals surface area contributed by atoms with Crippen LogP contribution in [-0.4, -0.2) is 30.5 Å². The Morgan fingerprint density at radius 3 is 2.29 bits per heavy atom. The van der Waals surface area contributed by atoms with Crippen LogP contribution in [0.2, 0.25) is 0 Å². The molecule has 1 aromatic carbocycles. The molecule has 2 aromatic rings. The molecule has 0 aliphatic carbocycles. The van der Waals surface area contributed by atoms with Crippen molar-refractivity contribution in [3.05, 3.63) is 41.5 Å². The molecular weight excluding hydrogens is 328 g/mol. The van der Waals surface area contributed by atoms with E-state index in [1.807, 2.05) is 34.7 Å². The molecule has 0 saturated carbocycles. The van der Waals surface area contributed by atoms with Gasteiger partial charge < -0.3 is 4.52 Å². The van der Waals surface area contributed by atoms with Gasteiger partial charge in [0.25, 0.3) is 0 Å². The second-order valence-electron chi connectivity index (χ2n) is 6.97. The maximum Gasteiger partial charge on any atom is 0.238 e. The van der Waals surface area contributed by atoms with Crippen LogP contribution in [0.15, 0.2) is 33.7 Å². The molecule has 0 radical (unpaired) electrons. The van der Waals surface area contributed by atoms with Crippen molar-refractivity contribution in [1.29, 1.82) is 0 Å². The molecule has 0 spiro atoms. The third-order valence-electron chi connectivity index (χ3n) is 3.85. The van der Waals surface area contributed by atoms with Crippen LogP contribution in [0.3, 0.4) is 0 Å². The Morgan fingerprint density at radius 2 is 1.83 bits per heavy atom. The lowest BCUT2D eigenvalue weighted by Gasteiger charge is -2.23. The smallest absolute Gasteiger partial charge is 0.238 e. The van der Waals surface area contributed by atoms with Crippen molar-refractivity contribution in [1.82, 2.24) is 15.0 Å². The molecule has 2 N–H and O–H groups in total. The minimum atomic E-state index is -3.67. The fraction of sp³-hybridized carbons (Fsp3) is 0.500. The zero-order chi connectivity index (χ0) is 18.1. The minimum absolute atomic E-state index is 0.0520. The third kappa shape index (κ3) is 4.40. The first-order chi connectivity index (χ1) is 11.0. The lowest BCUT2D eigenvalue weighted by atomic mass is 9.97. The highest BCUT2D eigenvalue weighted by atomic mass is 32.2. The zero-order valence-corrected chi connectivity index (χ0v) is 15.5. The molecule has 132 valence electrons. The molecule has 2 rings (SSSR count). The van der Waals surface area contributed by atoms with Crippen molar-refractivity contribution in [2.24, 2.45) is 5.14 Å². The Bertz CT molecular complexity index is 791. The van der Waals surface area contributed by atoms with Gasteiger partial charge in [-0.25, -0.2) is 13.6 Å². The molecule has 0 bridgehead atoms. The summed E-state index contributed by atoms with van der Waals surface area (Å²) in [6, 6.07) is 6.61. The van der Waals surface area contributed by atoms with E-state index >= 15 is 0 Å². The minimum Gasteiger partial charge on any atom is -0.339 e. The molecule has 24 heavy (non-hydrogen) atoms. The summed E-state index contributed by atoms with van der Waals surface area (Å²) in [6.45, 7) is 8.60. The summed E-state index contributed by atoms with van der Waals surface area (Å²) in [4.78, 5) is 6.59. The molecule has 0 aliphatic heterocycles. The fourth-order valence-electron chi connectivity index (χ4n) is 2.17. The van der Waals surface area contributed by atoms with Crippen molar-refractivity contribution in [2.75, 3.05) is 7.05 Å². The number of hydrogen-bond acceptors (Lipinski definition) is 6. The second kappa shape index (κ2) is 6.62. The number of sulfonamides is 1. The molecule has 0 amide bonds. The first-order valence-corrected chi connectivity index (χ1v) is 9.19. The van der Waals surface area contributed by atoms with Gasteiger partial charge in [0, 0.05) is 11.5 Å². The second-order valence-corrected chi connectivity index (χ2v) is 8.53. The van der Waals surface area contributed by atoms with Crippen molar-refractivity contribution < 1.29 is 12.9 Å². The van der Waals surface area contributed by atoms with E-state index in [1.165, 1.54) is 12.1 Å². The third-order valence-corrected chi connectivity index (χ3v) is 4.78. The van der Waals surface area contributed by atoms with Gasteiger partial charge in [-0.3, -0.25) is 4.90 Å². The van der Waals surface area contributed by atoms with Gasteiger partial charge in [0.05, 0.1) is 11.4 Å². The molecule has 0 aliphatic rings. The van der Waals surface area contributed by atoms with Crippen molar-refractivity contribution in [3.8, 4) is 0 Å². The molecule has 1 aromatic heterocycles. The van der Waals surface area contributed by atoms with Gasteiger partial charge >= 0.3 is 0 Å². The van der Waals surface area contributed by atoms with Crippen molar-refractivity contribution in [2.45, 2.75) is 50.6 Å². The summed E-state index contributed by atoms with van der Waals surface area (Å²) in [6.07, 6.45) is 0. The van der Waals surface area contributed by atoms with E-state index in [0.29, 0.717) is 18.3 Å². The van der Waals surface area contributed by atoms with Crippen LogP contribution >= 0.6 is 0 Å². The first-order valence-electron chi connectivity index (χ1n) is 7.64. The largest absolute Gasteiger partial charge is 0.339 e. The molecule has 0 saturated heterocycles. The average Bonchev–Trinajstić information content (AvgIpc) is 2.94. The van der Waals surface area contributed by atoms with E-state index in [4.69, 9.17) is 9.66 Å². The SMILES string of the molecule is C[C@@H](c1ccc(S(N)(=O)=O)cc1)N(C)Cc1noc(C(C)(C)C)n1. The zero-order valence-electron chi connectivity index (χ0n) is 14.6. The molecule has 0 fully saturated rings. The predicted molar refractivity (Wildman–Crippen MR) is 90.7 cm³/mol. The predicted octanol–water partition coefficient (Wildman–Crippen LogP) is 2.21. The summed E-state index contributed by atoms with van der Waals surface area (Å²) in [7, 11) is -1.72. The van der Waals surface area contributed by atoms with E-state index in [2.05, 4.69) is 15.0 Å². The Hall–Kier alpha value is -1.77. The van der Waals surface area contributed by atoms with Crippen LogP contribution in [-0.2, 0) is 22.0 Å². The van der Waals surface area contributed by atoms with Gasteiger partial charge in [0.15, 0.2) is 5.82 Å². The number of primary sulfonamides is 1. The molecule has 7 nitrogen and oxygen atoms in total. The summed E-state index contributed by atoms with van der Waals surface area (Å²) >= 11 is 0. The van der Waals surface area contributed by atoms with Crippen LogP contribution in [0, 0.1) is 0 Å². The van der Waals surface area contributed by atoms with Crippen molar-refractivity contribution >= 4 is 10.0 Å². The Balaban J connectivity index is 2.09. The highest BCUT2D eigenvalue weighted by Crippen LogP contribution is 2.23. The van der Waals surface area contributed by atoms with Crippen LogP contribution in [0.4, 0.5) is 0 Å². The van der Waals surface area contributed by atoms with E-state index in [1.54, 1.807) is 12.1 Å². The highest BCUT2D eigenvalue weighted by Gasteiger charge is 2.23. The maximum absolute atomic E-state index is 11.3. The molecule has 1 atom stereocenters. The number of hydrogen-bond donors (Lipinski definition) is 1. The highest BCUT2D eigenvalue weighted by molar-refractivity contribution is 7.89. The van der Waals surface area contributed by atoms with E-state index in [0.717, 1.165) is 5.56 Å². The van der Waals surface area contributed by atoms with Crippen LogP contribution in [0.25, 0.3) is 0 Å². The number of rotatable bonds is 5. The summed E-state index contributed by atoms with van der Waals surface area (Å²) < 4.78 is 27.9. The van der Waals surface area contributed by atoms with Crippen LogP contribution < -0.4 is 5.14 Å². The normalized spacial score (nSPS) is 14.1. The summed E-state index contributed by atoms with van der Waals surface area (Å²) in [5.74, 6) is 1.23. The topological polar surface area (TPSA) is 102 Å². The van der Waals surface area contributed by atoms with Crippen LogP contribution in [0.5, 0.6) is 0 Å². The van der Waals surface area contributed by atoms with Gasteiger partial charge in [-0.2, -0.15) is 4.98 Å². The fourth-order valence-corrected chi connectivity index (χ4v) is 2.69. The number of aromatic nitrogens is 2. The molecule has 0 unspecified atom stereocenters. The van der Waals surface area contributed by atoms with Gasteiger partial charge in [-0.05, 0) is 31.7 Å². The summed E-state index contributed by atoms with van der Waals surface area (Å²) in [5.41, 5.74) is 0.795. The van der Waals surface area contributed by atoms with Gasteiger partial charge in [-0.1, -0.05) is 38.1 Å². The number of nitrogens with zero attached hydrogens (tertiary/aromatic N) is 3. The van der Waals surface area contributed by atoms with E-state index in [-0.39, 0.29) is 16.4 Å². The van der Waals surface area contributed by atoms with Gasteiger partial charge in [0.2, 0.25) is 15.9 Å². The Kier molecular flexibility index (Phi) is 5.12. The maximum atomic E-state index is 11.3. The lowest BCUT2D eigenvalue weighted by molar-refractivity contribution is 0.241. The monoisotopic (exact) mass is 352 g/mol. The Morgan fingerprint density at radius 1 is 1.25 bits per heavy atom. The van der Waals surface area contributed by atoms with E-state index < -0.39 is 10.0 Å². The van der Waals surface area contributed by atoms with Crippen LogP contribution in [0.1, 0.15) is 51.0 Å². The van der Waals surface area contributed by atoms with Crippen molar-refractivity contribution in [3.63, 3.8) is 0 Å². The quantitative estimate of drug-likeness (QED) is 0.885. The van der Waals surface area contributed by atoms with Gasteiger partial charge in [0.1, 0.15) is 0 Å². The molecular formula is C16H24N4O3S. The summed E-state index contributed by atoms with van der Waals surface area (Å²) in [5, 5.41) is 9.14.